The zero-order valence-electron chi connectivity index (χ0n) is 14.6. The number of halogens is 1. The summed E-state index contributed by atoms with van der Waals surface area (Å²) in [4.78, 5) is 12.6. The van der Waals surface area contributed by atoms with Crippen LogP contribution in [0.4, 0.5) is 0 Å². The number of aromatic nitrogens is 3. The number of hydrogen-bond acceptors (Lipinski definition) is 3. The van der Waals surface area contributed by atoms with E-state index in [0.717, 1.165) is 21.4 Å². The lowest BCUT2D eigenvalue weighted by Crippen LogP contribution is -2.26. The number of nitrogens with one attached hydrogen (secondary N) is 1. The lowest BCUT2D eigenvalue weighted by atomic mass is 10.1. The predicted molar refractivity (Wildman–Crippen MR) is 108 cm³/mol. The first kappa shape index (κ1) is 17.4. The Balaban J connectivity index is 1.61. The Morgan fingerprint density at radius 1 is 1.04 bits per heavy atom. The summed E-state index contributed by atoms with van der Waals surface area (Å²) in [5, 5.41) is 11.5. The first-order chi connectivity index (χ1) is 13.1. The van der Waals surface area contributed by atoms with Crippen molar-refractivity contribution < 1.29 is 4.79 Å². The van der Waals surface area contributed by atoms with Crippen LogP contribution in [0, 0.1) is 0 Å². The molecule has 1 amide bonds. The molecule has 0 fully saturated rings. The minimum Gasteiger partial charge on any atom is -0.346 e. The van der Waals surface area contributed by atoms with E-state index in [9.17, 15) is 4.79 Å². The number of pyridine rings is 1. The molecule has 6 heteroatoms. The van der Waals surface area contributed by atoms with Crippen molar-refractivity contribution in [2.45, 2.75) is 13.0 Å². The minimum absolute atomic E-state index is 0.0800. The van der Waals surface area contributed by atoms with Gasteiger partial charge in [-0.3, -0.25) is 9.20 Å². The highest BCUT2D eigenvalue weighted by Gasteiger charge is 2.15. The number of benzene rings is 2. The number of amides is 1. The van der Waals surface area contributed by atoms with Crippen molar-refractivity contribution in [1.29, 1.82) is 0 Å². The maximum absolute atomic E-state index is 12.6. The Hall–Kier alpha value is -2.99. The maximum atomic E-state index is 12.6. The monoisotopic (exact) mass is 420 g/mol. The van der Waals surface area contributed by atoms with Crippen LogP contribution in [-0.2, 0) is 0 Å². The first-order valence-corrected chi connectivity index (χ1v) is 9.38. The molecule has 5 nitrogen and oxygen atoms in total. The number of fused-ring (bicyclic) bond motifs is 1. The Kier molecular flexibility index (Phi) is 4.73. The molecule has 134 valence electrons. The van der Waals surface area contributed by atoms with E-state index < -0.39 is 0 Å². The van der Waals surface area contributed by atoms with Crippen LogP contribution in [0.3, 0.4) is 0 Å². The van der Waals surface area contributed by atoms with Gasteiger partial charge in [-0.25, -0.2) is 0 Å². The Labute approximate surface area is 165 Å². The van der Waals surface area contributed by atoms with Gasteiger partial charge in [-0.15, -0.1) is 10.2 Å². The van der Waals surface area contributed by atoms with Crippen LogP contribution in [0.25, 0.3) is 17.0 Å². The van der Waals surface area contributed by atoms with Gasteiger partial charge in [0.1, 0.15) is 0 Å². The Bertz CT molecular complexity index is 1110. The summed E-state index contributed by atoms with van der Waals surface area (Å²) < 4.78 is 2.81. The fraction of sp³-hybridized carbons (Fsp3) is 0.0952. The fourth-order valence-corrected chi connectivity index (χ4v) is 3.43. The summed E-state index contributed by atoms with van der Waals surface area (Å²) in [7, 11) is 0. The van der Waals surface area contributed by atoms with E-state index in [1.54, 1.807) is 12.1 Å². The molecule has 0 aliphatic carbocycles. The number of hydrogen-bond donors (Lipinski definition) is 1. The lowest BCUT2D eigenvalue weighted by molar-refractivity contribution is 0.0940. The molecular weight excluding hydrogens is 404 g/mol. The molecule has 0 bridgehead atoms. The van der Waals surface area contributed by atoms with E-state index in [4.69, 9.17) is 0 Å². The van der Waals surface area contributed by atoms with Crippen LogP contribution < -0.4 is 5.32 Å². The van der Waals surface area contributed by atoms with Crippen LogP contribution in [0.2, 0.25) is 0 Å². The Morgan fingerprint density at radius 3 is 2.56 bits per heavy atom. The van der Waals surface area contributed by atoms with Crippen LogP contribution in [0.15, 0.2) is 77.4 Å². The highest BCUT2D eigenvalue weighted by molar-refractivity contribution is 9.10. The zero-order valence-corrected chi connectivity index (χ0v) is 16.2. The molecule has 1 unspecified atom stereocenters. The van der Waals surface area contributed by atoms with Gasteiger partial charge in [-0.2, -0.15) is 0 Å². The topological polar surface area (TPSA) is 59.3 Å². The fourth-order valence-electron chi connectivity index (χ4n) is 2.96. The third-order valence-corrected chi connectivity index (χ3v) is 5.13. The molecule has 1 N–H and O–H groups in total. The molecule has 2 heterocycles. The Morgan fingerprint density at radius 2 is 1.78 bits per heavy atom. The summed E-state index contributed by atoms with van der Waals surface area (Å²) in [6, 6.07) is 21.2. The number of nitrogens with zero attached hydrogens (tertiary/aromatic N) is 3. The van der Waals surface area contributed by atoms with Crippen molar-refractivity contribution >= 4 is 27.5 Å². The molecule has 4 aromatic rings. The molecule has 2 aromatic carbocycles. The van der Waals surface area contributed by atoms with Gasteiger partial charge in [0.05, 0.1) is 6.04 Å². The molecule has 0 saturated carbocycles. The summed E-state index contributed by atoms with van der Waals surface area (Å²) in [5.41, 5.74) is 3.18. The molecule has 4 rings (SSSR count). The van der Waals surface area contributed by atoms with Gasteiger partial charge < -0.3 is 5.32 Å². The second-order valence-electron chi connectivity index (χ2n) is 6.25. The number of rotatable bonds is 4. The molecule has 0 saturated heterocycles. The van der Waals surface area contributed by atoms with Gasteiger partial charge in [0.2, 0.25) is 0 Å². The summed E-state index contributed by atoms with van der Waals surface area (Å²) in [6.45, 7) is 1.97. The quantitative estimate of drug-likeness (QED) is 0.522. The van der Waals surface area contributed by atoms with Crippen molar-refractivity contribution in [2.75, 3.05) is 0 Å². The van der Waals surface area contributed by atoms with Gasteiger partial charge in [0, 0.05) is 21.8 Å². The van der Waals surface area contributed by atoms with E-state index in [1.807, 2.05) is 72.1 Å². The SMILES string of the molecule is CC(NC(=O)c1ccn2c(-c3ccccc3Br)nnc2c1)c1ccccc1. The lowest BCUT2D eigenvalue weighted by Gasteiger charge is -2.14. The largest absolute Gasteiger partial charge is 0.346 e. The van der Waals surface area contributed by atoms with E-state index in [-0.39, 0.29) is 11.9 Å². The van der Waals surface area contributed by atoms with E-state index >= 15 is 0 Å². The maximum Gasteiger partial charge on any atom is 0.251 e. The average molecular weight is 421 g/mol. The van der Waals surface area contributed by atoms with E-state index in [2.05, 4.69) is 31.4 Å². The van der Waals surface area contributed by atoms with Crippen molar-refractivity contribution in [1.82, 2.24) is 19.9 Å². The summed E-state index contributed by atoms with van der Waals surface area (Å²) in [6.07, 6.45) is 1.83. The summed E-state index contributed by atoms with van der Waals surface area (Å²) in [5.74, 6) is 0.585. The van der Waals surface area contributed by atoms with Crippen LogP contribution in [0.1, 0.15) is 28.9 Å². The summed E-state index contributed by atoms with van der Waals surface area (Å²) >= 11 is 3.55. The second kappa shape index (κ2) is 7.32. The molecular formula is C21H17BrN4O. The molecule has 27 heavy (non-hydrogen) atoms. The average Bonchev–Trinajstić information content (AvgIpc) is 3.12. The van der Waals surface area contributed by atoms with Crippen molar-refractivity contribution in [3.63, 3.8) is 0 Å². The van der Waals surface area contributed by atoms with Crippen molar-refractivity contribution in [2.24, 2.45) is 0 Å². The molecule has 0 aliphatic heterocycles. The minimum atomic E-state index is -0.140. The first-order valence-electron chi connectivity index (χ1n) is 8.59. The highest BCUT2D eigenvalue weighted by Crippen LogP contribution is 2.27. The smallest absolute Gasteiger partial charge is 0.251 e. The van der Waals surface area contributed by atoms with Gasteiger partial charge in [-0.05, 0) is 30.7 Å². The predicted octanol–water partition coefficient (Wildman–Crippen LogP) is 4.65. The van der Waals surface area contributed by atoms with Gasteiger partial charge >= 0.3 is 0 Å². The van der Waals surface area contributed by atoms with Crippen molar-refractivity contribution in [3.8, 4) is 11.4 Å². The normalized spacial score (nSPS) is 12.1. The highest BCUT2D eigenvalue weighted by atomic mass is 79.9. The van der Waals surface area contributed by atoms with E-state index in [0.29, 0.717) is 11.2 Å². The van der Waals surface area contributed by atoms with Gasteiger partial charge in [0.25, 0.3) is 5.91 Å². The van der Waals surface area contributed by atoms with E-state index in [1.165, 1.54) is 0 Å². The van der Waals surface area contributed by atoms with Crippen LogP contribution >= 0.6 is 15.9 Å². The molecule has 0 aliphatic rings. The molecule has 0 spiro atoms. The third-order valence-electron chi connectivity index (χ3n) is 4.43. The number of carbonyl (C=O) groups excluding carboxylic acids is 1. The zero-order chi connectivity index (χ0) is 18.8. The molecule has 1 atom stereocenters. The third kappa shape index (κ3) is 3.48. The van der Waals surface area contributed by atoms with Gasteiger partial charge in [0.15, 0.2) is 11.5 Å². The van der Waals surface area contributed by atoms with Crippen LogP contribution in [-0.4, -0.2) is 20.5 Å². The standard InChI is InChI=1S/C21H17BrN4O/c1-14(15-7-3-2-4-8-15)23-21(27)16-11-12-26-19(13-16)24-25-20(26)17-9-5-6-10-18(17)22/h2-14H,1H3,(H,23,27). The molecule has 2 aromatic heterocycles. The molecule has 0 radical (unpaired) electrons. The van der Waals surface area contributed by atoms with Gasteiger partial charge in [-0.1, -0.05) is 64.5 Å². The van der Waals surface area contributed by atoms with Crippen LogP contribution in [0.5, 0.6) is 0 Å². The van der Waals surface area contributed by atoms with Crippen molar-refractivity contribution in [3.05, 3.63) is 88.5 Å². The second-order valence-corrected chi connectivity index (χ2v) is 7.11. The number of carbonyl (C=O) groups is 1.